The maximum atomic E-state index is 10.3. The van der Waals surface area contributed by atoms with E-state index in [1.807, 2.05) is 0 Å². The van der Waals surface area contributed by atoms with Crippen molar-refractivity contribution in [2.45, 2.75) is 13.3 Å². The first-order valence-electron chi connectivity index (χ1n) is 2.49. The summed E-state index contributed by atoms with van der Waals surface area (Å²) >= 11 is 0. The van der Waals surface area contributed by atoms with E-state index in [9.17, 15) is 4.79 Å². The number of carbonyl (C=O) groups excluding carboxylic acids is 1. The van der Waals surface area contributed by atoms with Crippen molar-refractivity contribution in [2.75, 3.05) is 0 Å². The summed E-state index contributed by atoms with van der Waals surface area (Å²) in [5.74, 6) is -0.518. The first kappa shape index (κ1) is 7.70. The van der Waals surface area contributed by atoms with Gasteiger partial charge in [-0.2, -0.15) is 5.26 Å². The van der Waals surface area contributed by atoms with Crippen molar-refractivity contribution in [2.24, 2.45) is 0 Å². The summed E-state index contributed by atoms with van der Waals surface area (Å²) in [6.07, 6.45) is 2.64. The Bertz CT molecular complexity index is 155. The van der Waals surface area contributed by atoms with E-state index in [-0.39, 0.29) is 6.42 Å². The van der Waals surface area contributed by atoms with Gasteiger partial charge in [0.1, 0.15) is 6.42 Å². The van der Waals surface area contributed by atoms with Crippen LogP contribution in [0.2, 0.25) is 0 Å². The smallest absolute Gasteiger partial charge is 0.324 e. The monoisotopic (exact) mass is 125 g/mol. The largest absolute Gasteiger partial charge is 0.434 e. The fourth-order valence-corrected chi connectivity index (χ4v) is 0.250. The third-order valence-corrected chi connectivity index (χ3v) is 0.559. The average molecular weight is 125 g/mol. The summed E-state index contributed by atoms with van der Waals surface area (Å²) < 4.78 is 4.39. The van der Waals surface area contributed by atoms with Crippen molar-refractivity contribution in [1.82, 2.24) is 0 Å². The molecule has 0 aromatic carbocycles. The number of allylic oxidation sites excluding steroid dienone is 1. The number of hydrogen-bond acceptors (Lipinski definition) is 3. The highest BCUT2D eigenvalue weighted by Crippen LogP contribution is 1.84. The van der Waals surface area contributed by atoms with E-state index in [1.54, 1.807) is 19.1 Å². The van der Waals surface area contributed by atoms with Crippen molar-refractivity contribution in [3.63, 3.8) is 0 Å². The lowest BCUT2D eigenvalue weighted by Gasteiger charge is -1.88. The lowest BCUT2D eigenvalue weighted by atomic mass is 10.5. The molecule has 0 spiro atoms. The summed E-state index contributed by atoms with van der Waals surface area (Å²) in [6.45, 7) is 1.72. The van der Waals surface area contributed by atoms with Gasteiger partial charge in [0.2, 0.25) is 0 Å². The zero-order valence-corrected chi connectivity index (χ0v) is 5.13. The Kier molecular flexibility index (Phi) is 4.15. The maximum absolute atomic E-state index is 10.3. The summed E-state index contributed by atoms with van der Waals surface area (Å²) in [5.41, 5.74) is 0. The molecule has 0 aliphatic rings. The topological polar surface area (TPSA) is 50.1 Å². The minimum absolute atomic E-state index is 0.190. The molecule has 0 aromatic rings. The molecule has 0 aliphatic heterocycles. The SMILES string of the molecule is C/C=C\OC(=O)CC#N. The highest BCUT2D eigenvalue weighted by Gasteiger charge is 1.95. The highest BCUT2D eigenvalue weighted by atomic mass is 16.5. The van der Waals surface area contributed by atoms with Crippen LogP contribution in [0, 0.1) is 11.3 Å². The van der Waals surface area contributed by atoms with Crippen LogP contribution in [0.25, 0.3) is 0 Å². The number of rotatable bonds is 2. The predicted molar refractivity (Wildman–Crippen MR) is 31.1 cm³/mol. The molecular formula is C6H7NO2. The molecule has 0 atom stereocenters. The molecule has 0 N–H and O–H groups in total. The van der Waals surface area contributed by atoms with E-state index in [0.29, 0.717) is 0 Å². The van der Waals surface area contributed by atoms with Crippen LogP contribution in [0.4, 0.5) is 0 Å². The Morgan fingerprint density at radius 3 is 3.00 bits per heavy atom. The Hall–Kier alpha value is -1.30. The van der Waals surface area contributed by atoms with Gasteiger partial charge in [0.25, 0.3) is 0 Å². The van der Waals surface area contributed by atoms with Crippen molar-refractivity contribution in [1.29, 1.82) is 5.26 Å². The fourth-order valence-electron chi connectivity index (χ4n) is 0.250. The van der Waals surface area contributed by atoms with Crippen LogP contribution in [0.1, 0.15) is 13.3 Å². The van der Waals surface area contributed by atoms with Gasteiger partial charge in [-0.1, -0.05) is 6.08 Å². The number of nitriles is 1. The molecule has 0 rings (SSSR count). The quantitative estimate of drug-likeness (QED) is 0.408. The summed E-state index contributed by atoms with van der Waals surface area (Å²) in [7, 11) is 0. The molecule has 3 nitrogen and oxygen atoms in total. The molecule has 0 heterocycles. The number of carbonyl (C=O) groups is 1. The van der Waals surface area contributed by atoms with Gasteiger partial charge in [0.05, 0.1) is 12.3 Å². The third-order valence-electron chi connectivity index (χ3n) is 0.559. The predicted octanol–water partition coefficient (Wildman–Crippen LogP) is 0.977. The van der Waals surface area contributed by atoms with Crippen LogP contribution in [-0.4, -0.2) is 5.97 Å². The van der Waals surface area contributed by atoms with Crippen LogP contribution in [0.5, 0.6) is 0 Å². The molecule has 0 unspecified atom stereocenters. The van der Waals surface area contributed by atoms with Crippen molar-refractivity contribution < 1.29 is 9.53 Å². The van der Waals surface area contributed by atoms with Gasteiger partial charge in [-0.05, 0) is 6.92 Å². The van der Waals surface area contributed by atoms with Gasteiger partial charge in [-0.25, -0.2) is 0 Å². The zero-order chi connectivity index (χ0) is 7.11. The number of nitrogens with zero attached hydrogens (tertiary/aromatic N) is 1. The Labute approximate surface area is 53.5 Å². The van der Waals surface area contributed by atoms with Gasteiger partial charge < -0.3 is 4.74 Å². The second kappa shape index (κ2) is 4.85. The van der Waals surface area contributed by atoms with Crippen molar-refractivity contribution >= 4 is 5.97 Å². The molecule has 0 amide bonds. The van der Waals surface area contributed by atoms with Crippen LogP contribution in [0.15, 0.2) is 12.3 Å². The molecule has 0 radical (unpaired) electrons. The Morgan fingerprint density at radius 1 is 1.89 bits per heavy atom. The molecule has 0 saturated heterocycles. The number of ether oxygens (including phenoxy) is 1. The first-order chi connectivity index (χ1) is 4.31. The molecule has 9 heavy (non-hydrogen) atoms. The van der Waals surface area contributed by atoms with Gasteiger partial charge in [-0.3, -0.25) is 4.79 Å². The Morgan fingerprint density at radius 2 is 2.56 bits per heavy atom. The average Bonchev–Trinajstić information content (AvgIpc) is 1.85. The van der Waals surface area contributed by atoms with Crippen LogP contribution in [0.3, 0.4) is 0 Å². The molecule has 48 valence electrons. The summed E-state index contributed by atoms with van der Waals surface area (Å²) in [4.78, 5) is 10.3. The van der Waals surface area contributed by atoms with E-state index in [4.69, 9.17) is 5.26 Å². The molecule has 0 saturated carbocycles. The number of hydrogen-bond donors (Lipinski definition) is 0. The van der Waals surface area contributed by atoms with E-state index in [0.717, 1.165) is 0 Å². The second-order valence-electron chi connectivity index (χ2n) is 1.29. The Balaban J connectivity index is 3.42. The van der Waals surface area contributed by atoms with Crippen LogP contribution < -0.4 is 0 Å². The normalized spacial score (nSPS) is 8.89. The minimum Gasteiger partial charge on any atom is -0.434 e. The second-order valence-corrected chi connectivity index (χ2v) is 1.29. The van der Waals surface area contributed by atoms with E-state index in [2.05, 4.69) is 4.74 Å². The van der Waals surface area contributed by atoms with Crippen molar-refractivity contribution in [3.8, 4) is 6.07 Å². The maximum Gasteiger partial charge on any atom is 0.324 e. The lowest BCUT2D eigenvalue weighted by molar-refractivity contribution is -0.136. The third kappa shape index (κ3) is 4.56. The summed E-state index contributed by atoms with van der Waals surface area (Å²) in [6, 6.07) is 1.67. The highest BCUT2D eigenvalue weighted by molar-refractivity contribution is 5.72. The fraction of sp³-hybridized carbons (Fsp3) is 0.333. The van der Waals surface area contributed by atoms with E-state index >= 15 is 0 Å². The van der Waals surface area contributed by atoms with E-state index < -0.39 is 5.97 Å². The van der Waals surface area contributed by atoms with Gasteiger partial charge in [0.15, 0.2) is 0 Å². The van der Waals surface area contributed by atoms with Gasteiger partial charge in [0, 0.05) is 0 Å². The molecule has 0 fully saturated rings. The molecule has 0 bridgehead atoms. The standard InChI is InChI=1S/C6H7NO2/c1-2-5-9-6(8)3-4-7/h2,5H,3H2,1H3/b5-2-. The van der Waals surface area contributed by atoms with Crippen LogP contribution in [-0.2, 0) is 9.53 Å². The van der Waals surface area contributed by atoms with Gasteiger partial charge in [-0.15, -0.1) is 0 Å². The minimum atomic E-state index is -0.518. The van der Waals surface area contributed by atoms with E-state index in [1.165, 1.54) is 6.26 Å². The zero-order valence-electron chi connectivity index (χ0n) is 5.13. The molecule has 0 aliphatic carbocycles. The summed E-state index contributed by atoms with van der Waals surface area (Å²) in [5, 5.41) is 7.96. The first-order valence-corrected chi connectivity index (χ1v) is 2.49. The lowest BCUT2D eigenvalue weighted by Crippen LogP contribution is -1.95. The van der Waals surface area contributed by atoms with Crippen molar-refractivity contribution in [3.05, 3.63) is 12.3 Å². The van der Waals surface area contributed by atoms with Crippen LogP contribution >= 0.6 is 0 Å². The number of esters is 1. The molecular weight excluding hydrogens is 118 g/mol. The molecule has 3 heteroatoms. The molecule has 0 aromatic heterocycles. The van der Waals surface area contributed by atoms with Gasteiger partial charge >= 0.3 is 5.97 Å².